The second-order valence-electron chi connectivity index (χ2n) is 5.12. The molecule has 2 aromatic carbocycles. The molecule has 1 aliphatic heterocycles. The van der Waals surface area contributed by atoms with Crippen LogP contribution >= 0.6 is 0 Å². The largest absolute Gasteiger partial charge is 0.445 e. The molecule has 104 valence electrons. The van der Waals surface area contributed by atoms with E-state index >= 15 is 0 Å². The van der Waals surface area contributed by atoms with Crippen LogP contribution in [0.3, 0.4) is 0 Å². The second kappa shape index (κ2) is 4.59. The highest BCUT2D eigenvalue weighted by molar-refractivity contribution is 6.05. The lowest BCUT2D eigenvalue weighted by atomic mass is 10.0. The number of nitrogens with one attached hydrogen (secondary N) is 3. The molecule has 0 fully saturated rings. The molecule has 5 nitrogen and oxygen atoms in total. The average Bonchev–Trinajstić information content (AvgIpc) is 2.45. The van der Waals surface area contributed by atoms with Gasteiger partial charge in [-0.2, -0.15) is 0 Å². The average molecular weight is 271 g/mol. The van der Waals surface area contributed by atoms with Gasteiger partial charge in [0.2, 0.25) is 0 Å². The first-order chi connectivity index (χ1) is 9.61. The maximum absolute atomic E-state index is 11.2. The first kappa shape index (κ1) is 12.6. The van der Waals surface area contributed by atoms with Gasteiger partial charge < -0.3 is 20.7 Å². The van der Waals surface area contributed by atoms with E-state index in [-0.39, 0.29) is 6.61 Å². The lowest BCUT2D eigenvalue weighted by Crippen LogP contribution is -2.50. The normalized spacial score (nSPS) is 15.1. The fourth-order valence-corrected chi connectivity index (χ4v) is 2.53. The molecule has 0 unspecified atom stereocenters. The van der Waals surface area contributed by atoms with E-state index in [1.54, 1.807) is 7.05 Å². The predicted molar refractivity (Wildman–Crippen MR) is 80.0 cm³/mol. The summed E-state index contributed by atoms with van der Waals surface area (Å²) in [6, 6.07) is 12.2. The molecule has 0 saturated carbocycles. The predicted octanol–water partition coefficient (Wildman–Crippen LogP) is 2.75. The summed E-state index contributed by atoms with van der Waals surface area (Å²) in [6.07, 6.45) is -0.438. The summed E-state index contributed by atoms with van der Waals surface area (Å²) in [7, 11) is 1.54. The third-order valence-electron chi connectivity index (χ3n) is 3.42. The van der Waals surface area contributed by atoms with E-state index in [9.17, 15) is 4.79 Å². The second-order valence-corrected chi connectivity index (χ2v) is 5.12. The van der Waals surface area contributed by atoms with Crippen LogP contribution in [0.1, 0.15) is 6.92 Å². The van der Waals surface area contributed by atoms with Gasteiger partial charge in [0.15, 0.2) is 0 Å². The van der Waals surface area contributed by atoms with Crippen LogP contribution in [0.25, 0.3) is 10.8 Å². The summed E-state index contributed by atoms with van der Waals surface area (Å²) in [4.78, 5) is 11.2. The molecule has 3 N–H and O–H groups in total. The molecule has 1 heterocycles. The molecule has 0 bridgehead atoms. The zero-order valence-electron chi connectivity index (χ0n) is 11.5. The molecule has 0 radical (unpaired) electrons. The van der Waals surface area contributed by atoms with Crippen molar-refractivity contribution in [1.29, 1.82) is 0 Å². The Kier molecular flexibility index (Phi) is 2.89. The number of anilines is 2. The molecular weight excluding hydrogens is 254 g/mol. The summed E-state index contributed by atoms with van der Waals surface area (Å²) >= 11 is 0. The maximum Gasteiger partial charge on any atom is 0.407 e. The summed E-state index contributed by atoms with van der Waals surface area (Å²) in [5.74, 6) is 0. The minimum Gasteiger partial charge on any atom is -0.445 e. The molecule has 1 aliphatic rings. The van der Waals surface area contributed by atoms with Gasteiger partial charge in [-0.3, -0.25) is 0 Å². The summed E-state index contributed by atoms with van der Waals surface area (Å²) in [6.45, 7) is 2.18. The van der Waals surface area contributed by atoms with Gasteiger partial charge >= 0.3 is 6.09 Å². The van der Waals surface area contributed by atoms with Crippen molar-refractivity contribution >= 4 is 28.2 Å². The van der Waals surface area contributed by atoms with Crippen LogP contribution in [0.15, 0.2) is 36.4 Å². The standard InChI is InChI=1S/C15H17N3O2/c1-15(9-20-14(19)16-2)17-11-7-3-5-10-6-4-8-12(18-15)13(10)11/h3-8,17-18H,9H2,1-2H3,(H,16,19). The fraction of sp³-hybridized carbons (Fsp3) is 0.267. The number of carbonyl (C=O) groups is 1. The smallest absolute Gasteiger partial charge is 0.407 e. The van der Waals surface area contributed by atoms with E-state index in [0.29, 0.717) is 0 Å². The zero-order chi connectivity index (χ0) is 14.2. The number of alkyl carbamates (subject to hydrolysis) is 1. The first-order valence-corrected chi connectivity index (χ1v) is 6.54. The molecule has 2 aromatic rings. The SMILES string of the molecule is CNC(=O)OCC1(C)Nc2cccc3cccc(c23)N1. The molecule has 3 rings (SSSR count). The van der Waals surface area contributed by atoms with Gasteiger partial charge in [0.25, 0.3) is 0 Å². The Balaban J connectivity index is 1.92. The molecule has 0 aromatic heterocycles. The van der Waals surface area contributed by atoms with Gasteiger partial charge in [-0.1, -0.05) is 24.3 Å². The number of hydrogen-bond acceptors (Lipinski definition) is 4. The quantitative estimate of drug-likeness (QED) is 0.786. The van der Waals surface area contributed by atoms with Crippen molar-refractivity contribution < 1.29 is 9.53 Å². The van der Waals surface area contributed by atoms with Crippen molar-refractivity contribution in [2.45, 2.75) is 12.6 Å². The lowest BCUT2D eigenvalue weighted by Gasteiger charge is -2.38. The molecule has 0 spiro atoms. The number of amides is 1. The Morgan fingerprint density at radius 2 is 1.80 bits per heavy atom. The van der Waals surface area contributed by atoms with Crippen molar-refractivity contribution in [1.82, 2.24) is 5.32 Å². The van der Waals surface area contributed by atoms with Crippen molar-refractivity contribution in [3.8, 4) is 0 Å². The first-order valence-electron chi connectivity index (χ1n) is 6.54. The summed E-state index contributed by atoms with van der Waals surface area (Å²) in [5.41, 5.74) is 1.55. The zero-order valence-corrected chi connectivity index (χ0v) is 11.5. The lowest BCUT2D eigenvalue weighted by molar-refractivity contribution is 0.132. The third-order valence-corrected chi connectivity index (χ3v) is 3.42. The number of benzene rings is 2. The van der Waals surface area contributed by atoms with Crippen LogP contribution in [0.5, 0.6) is 0 Å². The van der Waals surface area contributed by atoms with Crippen LogP contribution in [0.2, 0.25) is 0 Å². The number of hydrogen-bond donors (Lipinski definition) is 3. The van der Waals surface area contributed by atoms with Crippen LogP contribution in [0, 0.1) is 0 Å². The van der Waals surface area contributed by atoms with Crippen molar-refractivity contribution in [2.24, 2.45) is 0 Å². The number of ether oxygens (including phenoxy) is 1. The minimum absolute atomic E-state index is 0.220. The van der Waals surface area contributed by atoms with E-state index in [0.717, 1.165) is 16.8 Å². The van der Waals surface area contributed by atoms with Crippen LogP contribution in [0.4, 0.5) is 16.2 Å². The van der Waals surface area contributed by atoms with Gasteiger partial charge in [-0.25, -0.2) is 4.79 Å². The highest BCUT2D eigenvalue weighted by atomic mass is 16.5. The van der Waals surface area contributed by atoms with Gasteiger partial charge in [0, 0.05) is 23.8 Å². The van der Waals surface area contributed by atoms with Crippen LogP contribution < -0.4 is 16.0 Å². The highest BCUT2D eigenvalue weighted by Gasteiger charge is 2.31. The Bertz CT molecular complexity index is 628. The molecule has 0 aliphatic carbocycles. The monoisotopic (exact) mass is 271 g/mol. The third kappa shape index (κ3) is 2.11. The Labute approximate surface area is 117 Å². The molecule has 5 heteroatoms. The highest BCUT2D eigenvalue weighted by Crippen LogP contribution is 2.37. The van der Waals surface area contributed by atoms with Crippen molar-refractivity contribution in [3.05, 3.63) is 36.4 Å². The van der Waals surface area contributed by atoms with Gasteiger partial charge in [0.1, 0.15) is 12.3 Å². The van der Waals surface area contributed by atoms with E-state index in [2.05, 4.69) is 28.1 Å². The molecule has 0 atom stereocenters. The van der Waals surface area contributed by atoms with Crippen LogP contribution in [-0.4, -0.2) is 25.4 Å². The summed E-state index contributed by atoms with van der Waals surface area (Å²) in [5, 5.41) is 11.6. The van der Waals surface area contributed by atoms with E-state index < -0.39 is 11.8 Å². The summed E-state index contributed by atoms with van der Waals surface area (Å²) < 4.78 is 5.17. The Morgan fingerprint density at radius 1 is 1.20 bits per heavy atom. The van der Waals surface area contributed by atoms with Gasteiger partial charge in [0.05, 0.1) is 0 Å². The Morgan fingerprint density at radius 3 is 2.35 bits per heavy atom. The molecule has 0 saturated heterocycles. The maximum atomic E-state index is 11.2. The van der Waals surface area contributed by atoms with Gasteiger partial charge in [-0.15, -0.1) is 0 Å². The van der Waals surface area contributed by atoms with E-state index in [1.807, 2.05) is 31.2 Å². The number of carbonyl (C=O) groups excluding carboxylic acids is 1. The molecule has 20 heavy (non-hydrogen) atoms. The van der Waals surface area contributed by atoms with Crippen LogP contribution in [-0.2, 0) is 4.74 Å². The van der Waals surface area contributed by atoms with E-state index in [4.69, 9.17) is 4.74 Å². The fourth-order valence-electron chi connectivity index (χ4n) is 2.53. The van der Waals surface area contributed by atoms with Crippen molar-refractivity contribution in [3.63, 3.8) is 0 Å². The molecule has 1 amide bonds. The minimum atomic E-state index is -0.533. The molecular formula is C15H17N3O2. The van der Waals surface area contributed by atoms with Gasteiger partial charge in [-0.05, 0) is 24.4 Å². The van der Waals surface area contributed by atoms with E-state index in [1.165, 1.54) is 5.39 Å². The Hall–Kier alpha value is -2.43. The number of rotatable bonds is 2. The topological polar surface area (TPSA) is 62.4 Å². The van der Waals surface area contributed by atoms with Crippen molar-refractivity contribution in [2.75, 3.05) is 24.3 Å².